The summed E-state index contributed by atoms with van der Waals surface area (Å²) < 4.78 is 5.25. The van der Waals surface area contributed by atoms with Gasteiger partial charge in [0.25, 0.3) is 0 Å². The zero-order valence-electron chi connectivity index (χ0n) is 18.6. The van der Waals surface area contributed by atoms with E-state index in [0.717, 1.165) is 44.7 Å². The summed E-state index contributed by atoms with van der Waals surface area (Å²) in [5, 5.41) is 5.64. The number of nitrogens with one attached hydrogen (secondary N) is 2. The van der Waals surface area contributed by atoms with E-state index in [9.17, 15) is 9.59 Å². The van der Waals surface area contributed by atoms with E-state index in [2.05, 4.69) is 29.4 Å². The van der Waals surface area contributed by atoms with Crippen molar-refractivity contribution in [3.8, 4) is 5.75 Å². The van der Waals surface area contributed by atoms with Crippen LogP contribution in [0.3, 0.4) is 0 Å². The van der Waals surface area contributed by atoms with Gasteiger partial charge in [-0.25, -0.2) is 4.79 Å². The van der Waals surface area contributed by atoms with Crippen LogP contribution in [0.4, 0.5) is 21.9 Å². The minimum Gasteiger partial charge on any atom is -0.495 e. The van der Waals surface area contributed by atoms with Crippen molar-refractivity contribution in [3.05, 3.63) is 48.5 Å². The van der Waals surface area contributed by atoms with E-state index in [1.165, 1.54) is 0 Å². The molecule has 0 unspecified atom stereocenters. The minimum absolute atomic E-state index is 0.138. The lowest BCUT2D eigenvalue weighted by molar-refractivity contribution is -0.136. The highest BCUT2D eigenvalue weighted by Gasteiger charge is 2.25. The molecule has 0 aromatic heterocycles. The third kappa shape index (κ3) is 5.69. The Kier molecular flexibility index (Phi) is 7.76. The van der Waals surface area contributed by atoms with E-state index in [0.29, 0.717) is 17.1 Å². The number of methoxy groups -OCH3 is 1. The molecule has 1 aliphatic rings. The molecule has 1 saturated heterocycles. The van der Waals surface area contributed by atoms with Crippen molar-refractivity contribution in [3.63, 3.8) is 0 Å². The first-order chi connectivity index (χ1) is 15.0. The molecule has 1 fully saturated rings. The second kappa shape index (κ2) is 10.7. The maximum absolute atomic E-state index is 12.6. The lowest BCUT2D eigenvalue weighted by atomic mass is 10.0. The highest BCUT2D eigenvalue weighted by Crippen LogP contribution is 2.24. The second-order valence-corrected chi connectivity index (χ2v) is 7.65. The second-order valence-electron chi connectivity index (χ2n) is 7.65. The lowest BCUT2D eigenvalue weighted by Gasteiger charge is -2.37. The first kappa shape index (κ1) is 22.5. The van der Waals surface area contributed by atoms with Gasteiger partial charge in [-0.1, -0.05) is 26.0 Å². The Bertz CT molecular complexity index is 873. The molecule has 166 valence electrons. The number of benzene rings is 2. The predicted molar refractivity (Wildman–Crippen MR) is 125 cm³/mol. The van der Waals surface area contributed by atoms with Gasteiger partial charge in [0.15, 0.2) is 0 Å². The first-order valence-corrected chi connectivity index (χ1v) is 10.9. The van der Waals surface area contributed by atoms with Crippen LogP contribution in [0.25, 0.3) is 0 Å². The molecule has 0 bridgehead atoms. The summed E-state index contributed by atoms with van der Waals surface area (Å²) in [6.07, 6.45) is 1.79. The number of para-hydroxylation sites is 2. The van der Waals surface area contributed by atoms with Gasteiger partial charge < -0.3 is 25.2 Å². The average molecular weight is 425 g/mol. The molecule has 0 radical (unpaired) electrons. The molecule has 7 nitrogen and oxygen atoms in total. The van der Waals surface area contributed by atoms with E-state index < -0.39 is 0 Å². The summed E-state index contributed by atoms with van der Waals surface area (Å²) in [6, 6.07) is 14.7. The predicted octanol–water partition coefficient (Wildman–Crippen LogP) is 4.42. The standard InChI is InChI=1S/C24H32N4O3/c1-4-18(5-2)23(29)28-16-14-27(15-17-28)20-12-10-19(11-13-20)25-24(30)26-21-8-6-7-9-22(21)31-3/h6-13,18H,4-5,14-17H2,1-3H3,(H2,25,26,30). The van der Waals surface area contributed by atoms with Crippen molar-refractivity contribution in [2.45, 2.75) is 26.7 Å². The number of carbonyl (C=O) groups is 2. The Hall–Kier alpha value is -3.22. The maximum Gasteiger partial charge on any atom is 0.323 e. The number of hydrogen-bond donors (Lipinski definition) is 2. The first-order valence-electron chi connectivity index (χ1n) is 10.9. The molecule has 1 heterocycles. The molecule has 31 heavy (non-hydrogen) atoms. The zero-order valence-corrected chi connectivity index (χ0v) is 18.6. The molecular formula is C24H32N4O3. The van der Waals surface area contributed by atoms with Crippen LogP contribution in [-0.4, -0.2) is 50.1 Å². The summed E-state index contributed by atoms with van der Waals surface area (Å²) in [6.45, 7) is 7.27. The summed E-state index contributed by atoms with van der Waals surface area (Å²) in [5.74, 6) is 1.03. The van der Waals surface area contributed by atoms with Gasteiger partial charge in [-0.05, 0) is 49.2 Å². The molecule has 0 spiro atoms. The number of amides is 3. The summed E-state index contributed by atoms with van der Waals surface area (Å²) in [7, 11) is 1.57. The van der Waals surface area contributed by atoms with E-state index in [4.69, 9.17) is 4.74 Å². The van der Waals surface area contributed by atoms with Crippen molar-refractivity contribution in [2.75, 3.05) is 48.8 Å². The van der Waals surface area contributed by atoms with Gasteiger partial charge in [-0.3, -0.25) is 4.79 Å². The number of nitrogens with zero attached hydrogens (tertiary/aromatic N) is 2. The SMILES string of the molecule is CCC(CC)C(=O)N1CCN(c2ccc(NC(=O)Nc3ccccc3OC)cc2)CC1. The fourth-order valence-corrected chi connectivity index (χ4v) is 3.87. The number of hydrogen-bond acceptors (Lipinski definition) is 4. The maximum atomic E-state index is 12.6. The minimum atomic E-state index is -0.328. The van der Waals surface area contributed by atoms with Crippen LogP contribution >= 0.6 is 0 Å². The van der Waals surface area contributed by atoms with Crippen molar-refractivity contribution in [1.82, 2.24) is 4.90 Å². The zero-order chi connectivity index (χ0) is 22.2. The van der Waals surface area contributed by atoms with Crippen LogP contribution in [0.15, 0.2) is 48.5 Å². The van der Waals surface area contributed by atoms with Crippen LogP contribution < -0.4 is 20.3 Å². The number of piperazine rings is 1. The third-order valence-corrected chi connectivity index (χ3v) is 5.77. The average Bonchev–Trinajstić information content (AvgIpc) is 2.80. The summed E-state index contributed by atoms with van der Waals surface area (Å²) in [4.78, 5) is 29.2. The van der Waals surface area contributed by atoms with Gasteiger partial charge in [-0.2, -0.15) is 0 Å². The molecule has 0 saturated carbocycles. The largest absolute Gasteiger partial charge is 0.495 e. The summed E-state index contributed by atoms with van der Waals surface area (Å²) >= 11 is 0. The molecule has 1 aliphatic heterocycles. The van der Waals surface area contributed by atoms with Crippen LogP contribution in [0.1, 0.15) is 26.7 Å². The third-order valence-electron chi connectivity index (χ3n) is 5.77. The van der Waals surface area contributed by atoms with Crippen LogP contribution in [-0.2, 0) is 4.79 Å². The molecule has 2 aromatic carbocycles. The Morgan fingerprint density at radius 1 is 0.935 bits per heavy atom. The molecule has 2 aromatic rings. The number of carbonyl (C=O) groups excluding carboxylic acids is 2. The fraction of sp³-hybridized carbons (Fsp3) is 0.417. The van der Waals surface area contributed by atoms with Gasteiger partial charge in [0, 0.05) is 43.5 Å². The van der Waals surface area contributed by atoms with Crippen molar-refractivity contribution in [1.29, 1.82) is 0 Å². The molecule has 3 rings (SSSR count). The fourth-order valence-electron chi connectivity index (χ4n) is 3.87. The molecule has 2 N–H and O–H groups in total. The van der Waals surface area contributed by atoms with E-state index >= 15 is 0 Å². The van der Waals surface area contributed by atoms with E-state index in [1.807, 2.05) is 41.3 Å². The van der Waals surface area contributed by atoms with Crippen LogP contribution in [0.5, 0.6) is 5.75 Å². The number of rotatable bonds is 7. The van der Waals surface area contributed by atoms with E-state index in [1.54, 1.807) is 19.2 Å². The van der Waals surface area contributed by atoms with Crippen LogP contribution in [0.2, 0.25) is 0 Å². The molecular weight excluding hydrogens is 392 g/mol. The molecule has 7 heteroatoms. The van der Waals surface area contributed by atoms with Crippen LogP contribution in [0, 0.1) is 5.92 Å². The quantitative estimate of drug-likeness (QED) is 0.690. The molecule has 3 amide bonds. The van der Waals surface area contributed by atoms with Gasteiger partial charge in [0.1, 0.15) is 5.75 Å². The topological polar surface area (TPSA) is 73.9 Å². The number of anilines is 3. The summed E-state index contributed by atoms with van der Waals surface area (Å²) in [5.41, 5.74) is 2.41. The Balaban J connectivity index is 1.52. The molecule has 0 atom stereocenters. The van der Waals surface area contributed by atoms with Crippen molar-refractivity contribution in [2.24, 2.45) is 5.92 Å². The van der Waals surface area contributed by atoms with E-state index in [-0.39, 0.29) is 17.9 Å². The van der Waals surface area contributed by atoms with Crippen molar-refractivity contribution < 1.29 is 14.3 Å². The highest BCUT2D eigenvalue weighted by atomic mass is 16.5. The van der Waals surface area contributed by atoms with Gasteiger partial charge in [0.2, 0.25) is 5.91 Å². The normalized spacial score (nSPS) is 13.8. The Morgan fingerprint density at radius 3 is 2.19 bits per heavy atom. The highest BCUT2D eigenvalue weighted by molar-refractivity contribution is 6.00. The number of ether oxygens (including phenoxy) is 1. The van der Waals surface area contributed by atoms with Gasteiger partial charge in [-0.15, -0.1) is 0 Å². The number of urea groups is 1. The molecule has 0 aliphatic carbocycles. The Labute approximate surface area is 184 Å². The van der Waals surface area contributed by atoms with Crippen molar-refractivity contribution >= 4 is 29.0 Å². The van der Waals surface area contributed by atoms with Gasteiger partial charge in [0.05, 0.1) is 12.8 Å². The lowest BCUT2D eigenvalue weighted by Crippen LogP contribution is -2.50. The monoisotopic (exact) mass is 424 g/mol. The van der Waals surface area contributed by atoms with Gasteiger partial charge >= 0.3 is 6.03 Å². The Morgan fingerprint density at radius 2 is 1.58 bits per heavy atom. The smallest absolute Gasteiger partial charge is 0.323 e.